The van der Waals surface area contributed by atoms with Gasteiger partial charge >= 0.3 is 6.03 Å². The summed E-state index contributed by atoms with van der Waals surface area (Å²) in [5, 5.41) is 2.05. The molecule has 1 aromatic heterocycles. The van der Waals surface area contributed by atoms with E-state index in [1.807, 2.05) is 24.3 Å². The zero-order chi connectivity index (χ0) is 8.55. The molecule has 0 saturated carbocycles. The third kappa shape index (κ3) is 0.955. The van der Waals surface area contributed by atoms with Crippen LogP contribution in [-0.4, -0.2) is 10.6 Å². The average molecular weight is 160 g/mol. The number of primary amides is 1. The van der Waals surface area contributed by atoms with Crippen molar-refractivity contribution in [2.75, 3.05) is 0 Å². The molecular weight excluding hydrogens is 152 g/mol. The van der Waals surface area contributed by atoms with E-state index in [-0.39, 0.29) is 0 Å². The fourth-order valence-corrected chi connectivity index (χ4v) is 1.21. The van der Waals surface area contributed by atoms with Crippen molar-refractivity contribution in [2.45, 2.75) is 0 Å². The number of hydrogen-bond acceptors (Lipinski definition) is 1. The second-order valence-electron chi connectivity index (χ2n) is 2.63. The molecule has 1 heterocycles. The van der Waals surface area contributed by atoms with Crippen LogP contribution in [0, 0.1) is 0 Å². The molecule has 60 valence electrons. The number of carbonyl (C=O) groups is 1. The standard InChI is InChI=1S/C9H8N2O/c10-9(12)11-5-7-3-1-2-4-8(7)6-11/h1-6H,(H2,10,12). The van der Waals surface area contributed by atoms with Gasteiger partial charge in [0, 0.05) is 12.4 Å². The Hall–Kier alpha value is -1.77. The number of rotatable bonds is 0. The molecule has 0 aliphatic heterocycles. The first kappa shape index (κ1) is 6.91. The summed E-state index contributed by atoms with van der Waals surface area (Å²) in [6.07, 6.45) is 3.44. The molecule has 0 spiro atoms. The molecule has 12 heavy (non-hydrogen) atoms. The van der Waals surface area contributed by atoms with E-state index < -0.39 is 6.03 Å². The molecule has 0 aliphatic rings. The maximum Gasteiger partial charge on any atom is 0.322 e. The van der Waals surface area contributed by atoms with Crippen molar-refractivity contribution < 1.29 is 4.79 Å². The highest BCUT2D eigenvalue weighted by Gasteiger charge is 1.99. The SMILES string of the molecule is NC(=O)n1cc2ccccc2c1. The van der Waals surface area contributed by atoms with Gasteiger partial charge < -0.3 is 5.73 Å². The maximum atomic E-state index is 10.8. The summed E-state index contributed by atoms with van der Waals surface area (Å²) in [5.41, 5.74) is 5.10. The van der Waals surface area contributed by atoms with E-state index in [2.05, 4.69) is 0 Å². The first-order valence-corrected chi connectivity index (χ1v) is 3.64. The lowest BCUT2D eigenvalue weighted by Gasteiger charge is -1.89. The predicted molar refractivity (Wildman–Crippen MR) is 46.9 cm³/mol. The summed E-state index contributed by atoms with van der Waals surface area (Å²) in [5.74, 6) is 0. The molecular formula is C9H8N2O. The maximum absolute atomic E-state index is 10.8. The van der Waals surface area contributed by atoms with E-state index in [1.165, 1.54) is 4.57 Å². The summed E-state index contributed by atoms with van der Waals surface area (Å²) in [7, 11) is 0. The van der Waals surface area contributed by atoms with Crippen molar-refractivity contribution in [1.29, 1.82) is 0 Å². The molecule has 3 heteroatoms. The zero-order valence-corrected chi connectivity index (χ0v) is 6.40. The quantitative estimate of drug-likeness (QED) is 0.624. The lowest BCUT2D eigenvalue weighted by Crippen LogP contribution is -2.17. The van der Waals surface area contributed by atoms with E-state index in [9.17, 15) is 4.79 Å². The van der Waals surface area contributed by atoms with Gasteiger partial charge in [-0.3, -0.25) is 4.57 Å². The van der Waals surface area contributed by atoms with Crippen LogP contribution in [0.25, 0.3) is 10.8 Å². The van der Waals surface area contributed by atoms with Gasteiger partial charge in [-0.25, -0.2) is 4.79 Å². The van der Waals surface area contributed by atoms with Gasteiger partial charge in [0.15, 0.2) is 0 Å². The molecule has 0 radical (unpaired) electrons. The van der Waals surface area contributed by atoms with Crippen LogP contribution in [0.3, 0.4) is 0 Å². The molecule has 3 nitrogen and oxygen atoms in total. The number of nitrogens with two attached hydrogens (primary N) is 1. The molecule has 2 N–H and O–H groups in total. The number of carbonyl (C=O) groups excluding carboxylic acids is 1. The van der Waals surface area contributed by atoms with Crippen LogP contribution in [0.4, 0.5) is 4.79 Å². The molecule has 0 saturated heterocycles. The number of fused-ring (bicyclic) bond motifs is 1. The Morgan fingerprint density at radius 3 is 2.08 bits per heavy atom. The topological polar surface area (TPSA) is 48.0 Å². The van der Waals surface area contributed by atoms with Crippen molar-refractivity contribution in [2.24, 2.45) is 5.73 Å². The summed E-state index contributed by atoms with van der Waals surface area (Å²) >= 11 is 0. The van der Waals surface area contributed by atoms with Crippen LogP contribution in [0.15, 0.2) is 36.7 Å². The largest absolute Gasteiger partial charge is 0.351 e. The second kappa shape index (κ2) is 2.37. The number of hydrogen-bond donors (Lipinski definition) is 1. The van der Waals surface area contributed by atoms with E-state index in [4.69, 9.17) is 5.73 Å². The second-order valence-corrected chi connectivity index (χ2v) is 2.63. The Morgan fingerprint density at radius 1 is 1.17 bits per heavy atom. The highest BCUT2D eigenvalue weighted by Crippen LogP contribution is 2.13. The molecule has 0 bridgehead atoms. The highest BCUT2D eigenvalue weighted by atomic mass is 16.2. The van der Waals surface area contributed by atoms with E-state index in [0.717, 1.165) is 10.8 Å². The Kier molecular flexibility index (Phi) is 1.37. The smallest absolute Gasteiger partial charge is 0.322 e. The van der Waals surface area contributed by atoms with Crippen LogP contribution < -0.4 is 5.73 Å². The number of aromatic nitrogens is 1. The molecule has 2 aromatic rings. The molecule has 0 atom stereocenters. The van der Waals surface area contributed by atoms with Gasteiger partial charge in [-0.15, -0.1) is 0 Å². The summed E-state index contributed by atoms with van der Waals surface area (Å²) in [4.78, 5) is 10.8. The minimum absolute atomic E-state index is 0.453. The van der Waals surface area contributed by atoms with Crippen LogP contribution in [0.2, 0.25) is 0 Å². The Bertz CT molecular complexity index is 398. The fourth-order valence-electron chi connectivity index (χ4n) is 1.21. The zero-order valence-electron chi connectivity index (χ0n) is 6.40. The first-order valence-electron chi connectivity index (χ1n) is 3.64. The molecule has 2 rings (SSSR count). The minimum Gasteiger partial charge on any atom is -0.351 e. The number of benzene rings is 1. The summed E-state index contributed by atoms with van der Waals surface area (Å²) < 4.78 is 1.38. The van der Waals surface area contributed by atoms with Crippen molar-refractivity contribution in [3.8, 4) is 0 Å². The van der Waals surface area contributed by atoms with E-state index in [1.54, 1.807) is 12.4 Å². The monoisotopic (exact) mass is 160 g/mol. The lowest BCUT2D eigenvalue weighted by molar-refractivity contribution is 0.250. The normalized spacial score (nSPS) is 10.3. The van der Waals surface area contributed by atoms with Crippen molar-refractivity contribution in [3.63, 3.8) is 0 Å². The molecule has 1 aromatic carbocycles. The number of amides is 1. The Balaban J connectivity index is 2.70. The van der Waals surface area contributed by atoms with Gasteiger partial charge in [-0.05, 0) is 10.8 Å². The molecule has 0 unspecified atom stereocenters. The Labute approximate surface area is 69.4 Å². The van der Waals surface area contributed by atoms with Crippen molar-refractivity contribution in [1.82, 2.24) is 4.57 Å². The molecule has 1 amide bonds. The number of nitrogens with zero attached hydrogens (tertiary/aromatic N) is 1. The molecule has 0 aliphatic carbocycles. The van der Waals surface area contributed by atoms with Gasteiger partial charge in [-0.2, -0.15) is 0 Å². The summed E-state index contributed by atoms with van der Waals surface area (Å²) in [6.45, 7) is 0. The van der Waals surface area contributed by atoms with Gasteiger partial charge in [0.05, 0.1) is 0 Å². The average Bonchev–Trinajstić information content (AvgIpc) is 2.46. The van der Waals surface area contributed by atoms with E-state index in [0.29, 0.717) is 0 Å². The fraction of sp³-hybridized carbons (Fsp3) is 0. The van der Waals surface area contributed by atoms with Crippen molar-refractivity contribution in [3.05, 3.63) is 36.7 Å². The lowest BCUT2D eigenvalue weighted by atomic mass is 10.2. The highest BCUT2D eigenvalue weighted by molar-refractivity contribution is 5.87. The van der Waals surface area contributed by atoms with Crippen LogP contribution in [-0.2, 0) is 0 Å². The third-order valence-corrected chi connectivity index (χ3v) is 1.81. The van der Waals surface area contributed by atoms with Crippen LogP contribution in [0.1, 0.15) is 0 Å². The summed E-state index contributed by atoms with van der Waals surface area (Å²) in [6, 6.07) is 7.27. The third-order valence-electron chi connectivity index (χ3n) is 1.81. The van der Waals surface area contributed by atoms with Gasteiger partial charge in [0.25, 0.3) is 0 Å². The minimum atomic E-state index is -0.453. The molecule has 0 fully saturated rings. The van der Waals surface area contributed by atoms with E-state index >= 15 is 0 Å². The van der Waals surface area contributed by atoms with Gasteiger partial charge in [0.1, 0.15) is 0 Å². The Morgan fingerprint density at radius 2 is 1.67 bits per heavy atom. The van der Waals surface area contributed by atoms with Crippen LogP contribution in [0.5, 0.6) is 0 Å². The van der Waals surface area contributed by atoms with Crippen LogP contribution >= 0.6 is 0 Å². The van der Waals surface area contributed by atoms with Gasteiger partial charge in [-0.1, -0.05) is 24.3 Å². The van der Waals surface area contributed by atoms with Gasteiger partial charge in [0.2, 0.25) is 0 Å². The van der Waals surface area contributed by atoms with Crippen molar-refractivity contribution >= 4 is 16.8 Å². The first-order chi connectivity index (χ1) is 5.77. The predicted octanol–water partition coefficient (Wildman–Crippen LogP) is 1.57.